The highest BCUT2D eigenvalue weighted by atomic mass is 16.4. The molecule has 0 saturated heterocycles. The summed E-state index contributed by atoms with van der Waals surface area (Å²) in [7, 11) is 4.01. The van der Waals surface area contributed by atoms with Gasteiger partial charge in [-0.05, 0) is 37.5 Å². The Bertz CT molecular complexity index is 415. The highest BCUT2D eigenvalue weighted by molar-refractivity contribution is 5.67. The fourth-order valence-electron chi connectivity index (χ4n) is 2.14. The molecule has 0 saturated carbocycles. The average Bonchev–Trinajstić information content (AvgIpc) is 2.38. The van der Waals surface area contributed by atoms with E-state index in [0.29, 0.717) is 6.04 Å². The predicted octanol–water partition coefficient (Wildman–Crippen LogP) is 2.53. The molecule has 2 N–H and O–H groups in total. The van der Waals surface area contributed by atoms with Gasteiger partial charge in [-0.25, -0.2) is 0 Å². The van der Waals surface area contributed by atoms with Crippen LogP contribution >= 0.6 is 0 Å². The fourth-order valence-corrected chi connectivity index (χ4v) is 2.14. The molecule has 0 radical (unpaired) electrons. The maximum atomic E-state index is 11.0. The van der Waals surface area contributed by atoms with E-state index in [0.717, 1.165) is 24.1 Å². The first kappa shape index (κ1) is 16.5. The van der Waals surface area contributed by atoms with Gasteiger partial charge in [0, 0.05) is 31.9 Å². The number of carbonyl (C=O) groups is 1. The molecule has 20 heavy (non-hydrogen) atoms. The maximum absolute atomic E-state index is 11.0. The third kappa shape index (κ3) is 5.61. The van der Waals surface area contributed by atoms with Crippen molar-refractivity contribution >= 4 is 11.7 Å². The van der Waals surface area contributed by atoms with E-state index >= 15 is 0 Å². The second kappa shape index (κ2) is 7.90. The van der Waals surface area contributed by atoms with Gasteiger partial charge in [-0.15, -0.1) is 0 Å². The molecule has 2 atom stereocenters. The smallest absolute Gasteiger partial charge is 0.304 e. The van der Waals surface area contributed by atoms with Crippen LogP contribution in [0.3, 0.4) is 0 Å². The molecule has 0 aromatic heterocycles. The van der Waals surface area contributed by atoms with Crippen molar-refractivity contribution in [3.63, 3.8) is 0 Å². The number of carboxylic acids is 1. The van der Waals surface area contributed by atoms with Crippen LogP contribution in [0.5, 0.6) is 0 Å². The highest BCUT2D eigenvalue weighted by Gasteiger charge is 2.15. The molecular weight excluding hydrogens is 252 g/mol. The summed E-state index contributed by atoms with van der Waals surface area (Å²) in [5.74, 6) is -0.754. The van der Waals surface area contributed by atoms with E-state index < -0.39 is 5.97 Å². The highest BCUT2D eigenvalue weighted by Crippen LogP contribution is 2.14. The van der Waals surface area contributed by atoms with Gasteiger partial charge in [-0.1, -0.05) is 19.1 Å². The molecule has 1 aromatic rings. The molecule has 1 aromatic carbocycles. The minimum Gasteiger partial charge on any atom is -0.481 e. The number of rotatable bonds is 8. The molecule has 0 heterocycles. The van der Waals surface area contributed by atoms with E-state index in [9.17, 15) is 4.79 Å². The van der Waals surface area contributed by atoms with E-state index in [1.165, 1.54) is 0 Å². The molecule has 4 heteroatoms. The number of nitrogens with zero attached hydrogens (tertiary/aromatic N) is 1. The lowest BCUT2D eigenvalue weighted by atomic mass is 10.0. The van der Waals surface area contributed by atoms with Gasteiger partial charge in [0.25, 0.3) is 0 Å². The molecule has 0 amide bonds. The van der Waals surface area contributed by atoms with Gasteiger partial charge in [0.05, 0.1) is 6.42 Å². The molecular formula is C16H26N2O2. The number of hydrogen-bond acceptors (Lipinski definition) is 3. The summed E-state index contributed by atoms with van der Waals surface area (Å²) < 4.78 is 0. The quantitative estimate of drug-likeness (QED) is 0.767. The Morgan fingerprint density at radius 1 is 1.30 bits per heavy atom. The number of aliphatic carboxylic acids is 1. The van der Waals surface area contributed by atoms with Gasteiger partial charge in [0.2, 0.25) is 0 Å². The predicted molar refractivity (Wildman–Crippen MR) is 83.4 cm³/mol. The summed E-state index contributed by atoms with van der Waals surface area (Å²) in [6.45, 7) is 4.19. The normalized spacial score (nSPS) is 13.8. The van der Waals surface area contributed by atoms with Crippen molar-refractivity contribution in [1.82, 2.24) is 5.32 Å². The van der Waals surface area contributed by atoms with E-state index in [-0.39, 0.29) is 12.5 Å². The topological polar surface area (TPSA) is 52.6 Å². The van der Waals surface area contributed by atoms with Crippen LogP contribution in [0.4, 0.5) is 5.69 Å². The Balaban J connectivity index is 2.70. The number of anilines is 1. The first-order valence-electron chi connectivity index (χ1n) is 7.16. The number of benzene rings is 1. The van der Waals surface area contributed by atoms with Crippen LogP contribution < -0.4 is 10.2 Å². The van der Waals surface area contributed by atoms with Gasteiger partial charge >= 0.3 is 5.97 Å². The molecule has 112 valence electrons. The van der Waals surface area contributed by atoms with Crippen molar-refractivity contribution in [3.05, 3.63) is 29.8 Å². The standard InChI is InChI=1S/C16H26N2O2/c1-5-12(2)17-14(11-16(19)20)10-13-6-8-15(9-7-13)18(3)4/h6-9,12,14,17H,5,10-11H2,1-4H3,(H,19,20). The summed E-state index contributed by atoms with van der Waals surface area (Å²) in [4.78, 5) is 13.0. The van der Waals surface area contributed by atoms with E-state index in [1.54, 1.807) is 0 Å². The summed E-state index contributed by atoms with van der Waals surface area (Å²) in [6, 6.07) is 8.59. The zero-order chi connectivity index (χ0) is 15.1. The molecule has 0 fully saturated rings. The summed E-state index contributed by atoms with van der Waals surface area (Å²) in [5.41, 5.74) is 2.32. The van der Waals surface area contributed by atoms with Crippen molar-refractivity contribution < 1.29 is 9.90 Å². The second-order valence-corrected chi connectivity index (χ2v) is 5.54. The van der Waals surface area contributed by atoms with Gasteiger partial charge in [0.15, 0.2) is 0 Å². The van der Waals surface area contributed by atoms with Crippen LogP contribution in [-0.2, 0) is 11.2 Å². The lowest BCUT2D eigenvalue weighted by molar-refractivity contribution is -0.137. The largest absolute Gasteiger partial charge is 0.481 e. The van der Waals surface area contributed by atoms with Crippen LogP contribution in [0, 0.1) is 0 Å². The summed E-state index contributed by atoms with van der Waals surface area (Å²) in [6.07, 6.45) is 1.89. The second-order valence-electron chi connectivity index (χ2n) is 5.54. The average molecular weight is 278 g/mol. The van der Waals surface area contributed by atoms with Crippen LogP contribution in [0.15, 0.2) is 24.3 Å². The van der Waals surface area contributed by atoms with Crippen molar-refractivity contribution in [2.75, 3.05) is 19.0 Å². The van der Waals surface area contributed by atoms with Crippen LogP contribution in [0.2, 0.25) is 0 Å². The SMILES string of the molecule is CCC(C)NC(CC(=O)O)Cc1ccc(N(C)C)cc1. The zero-order valence-corrected chi connectivity index (χ0v) is 12.9. The molecule has 2 unspecified atom stereocenters. The lowest BCUT2D eigenvalue weighted by Gasteiger charge is -2.22. The first-order chi connectivity index (χ1) is 9.42. The van der Waals surface area contributed by atoms with Gasteiger partial charge in [-0.3, -0.25) is 4.79 Å². The Labute approximate surface area is 121 Å². The molecule has 0 aliphatic carbocycles. The third-order valence-corrected chi connectivity index (χ3v) is 3.49. The lowest BCUT2D eigenvalue weighted by Crippen LogP contribution is -2.39. The molecule has 0 spiro atoms. The number of carboxylic acid groups (broad SMARTS) is 1. The van der Waals surface area contributed by atoms with Crippen LogP contribution in [0.25, 0.3) is 0 Å². The Morgan fingerprint density at radius 2 is 1.90 bits per heavy atom. The van der Waals surface area contributed by atoms with Crippen molar-refractivity contribution in [2.24, 2.45) is 0 Å². The van der Waals surface area contributed by atoms with E-state index in [4.69, 9.17) is 5.11 Å². The summed E-state index contributed by atoms with van der Waals surface area (Å²) >= 11 is 0. The molecule has 0 aliphatic rings. The Morgan fingerprint density at radius 3 is 2.35 bits per heavy atom. The Hall–Kier alpha value is -1.55. The van der Waals surface area contributed by atoms with Crippen molar-refractivity contribution in [2.45, 2.75) is 45.2 Å². The fraction of sp³-hybridized carbons (Fsp3) is 0.562. The molecule has 1 rings (SSSR count). The summed E-state index contributed by atoms with van der Waals surface area (Å²) in [5, 5.41) is 12.4. The van der Waals surface area contributed by atoms with Crippen LogP contribution in [-0.4, -0.2) is 37.3 Å². The van der Waals surface area contributed by atoms with E-state index in [2.05, 4.69) is 48.3 Å². The van der Waals surface area contributed by atoms with Crippen molar-refractivity contribution in [1.29, 1.82) is 0 Å². The van der Waals surface area contributed by atoms with Gasteiger partial charge < -0.3 is 15.3 Å². The first-order valence-corrected chi connectivity index (χ1v) is 7.16. The van der Waals surface area contributed by atoms with E-state index in [1.807, 2.05) is 14.1 Å². The van der Waals surface area contributed by atoms with Crippen LogP contribution in [0.1, 0.15) is 32.3 Å². The zero-order valence-electron chi connectivity index (χ0n) is 12.9. The number of nitrogens with one attached hydrogen (secondary N) is 1. The minimum atomic E-state index is -0.754. The monoisotopic (exact) mass is 278 g/mol. The molecule has 0 aliphatic heterocycles. The minimum absolute atomic E-state index is 0.0207. The van der Waals surface area contributed by atoms with Gasteiger partial charge in [-0.2, -0.15) is 0 Å². The van der Waals surface area contributed by atoms with Gasteiger partial charge in [0.1, 0.15) is 0 Å². The Kier molecular flexibility index (Phi) is 6.52. The molecule has 4 nitrogen and oxygen atoms in total. The third-order valence-electron chi connectivity index (χ3n) is 3.49. The number of hydrogen-bond donors (Lipinski definition) is 2. The maximum Gasteiger partial charge on any atom is 0.304 e. The van der Waals surface area contributed by atoms with Crippen molar-refractivity contribution in [3.8, 4) is 0 Å². The molecule has 0 bridgehead atoms.